The second-order valence-corrected chi connectivity index (χ2v) is 4.86. The average molecular weight is 247 g/mol. The molecule has 2 rings (SSSR count). The van der Waals surface area contributed by atoms with Gasteiger partial charge in [-0.05, 0) is 31.0 Å². The molecule has 0 aliphatic heterocycles. The van der Waals surface area contributed by atoms with Crippen LogP contribution in [0.3, 0.4) is 0 Å². The van der Waals surface area contributed by atoms with Crippen molar-refractivity contribution in [1.82, 2.24) is 5.32 Å². The van der Waals surface area contributed by atoms with Crippen LogP contribution in [-0.4, -0.2) is 19.0 Å². The lowest BCUT2D eigenvalue weighted by Crippen LogP contribution is -2.23. The van der Waals surface area contributed by atoms with Crippen LogP contribution in [0, 0.1) is 0 Å². The first-order valence-electron chi connectivity index (χ1n) is 6.59. The predicted octanol–water partition coefficient (Wildman–Crippen LogP) is 2.37. The summed E-state index contributed by atoms with van der Waals surface area (Å²) in [4.78, 5) is 11.5. The van der Waals surface area contributed by atoms with Crippen LogP contribution >= 0.6 is 0 Å². The van der Waals surface area contributed by atoms with Gasteiger partial charge >= 0.3 is 0 Å². The van der Waals surface area contributed by atoms with Crippen LogP contribution in [0.1, 0.15) is 42.5 Å². The van der Waals surface area contributed by atoms with Gasteiger partial charge in [0.15, 0.2) is 0 Å². The van der Waals surface area contributed by atoms with E-state index >= 15 is 0 Å². The summed E-state index contributed by atoms with van der Waals surface area (Å²) in [7, 11) is 1.62. The van der Waals surface area contributed by atoms with Gasteiger partial charge in [0.05, 0.1) is 11.4 Å². The number of carbonyl (C=O) groups excluding carboxylic acids is 1. The first-order chi connectivity index (χ1) is 8.70. The van der Waals surface area contributed by atoms with Crippen molar-refractivity contribution in [3.8, 4) is 0 Å². The molecule has 1 aromatic carbocycles. The summed E-state index contributed by atoms with van der Waals surface area (Å²) in [6, 6.07) is 5.95. The van der Waals surface area contributed by atoms with Gasteiger partial charge in [0.1, 0.15) is 0 Å². The number of hydrogen-bond acceptors (Lipinski definition) is 3. The Balaban J connectivity index is 2.07. The van der Waals surface area contributed by atoms with Gasteiger partial charge in [0.2, 0.25) is 0 Å². The van der Waals surface area contributed by atoms with Crippen molar-refractivity contribution < 1.29 is 4.79 Å². The number of amides is 1. The largest absolute Gasteiger partial charge is 0.397 e. The Bertz CT molecular complexity index is 425. The van der Waals surface area contributed by atoms with E-state index in [9.17, 15) is 4.79 Å². The van der Waals surface area contributed by atoms with Gasteiger partial charge in [-0.1, -0.05) is 19.3 Å². The van der Waals surface area contributed by atoms with Crippen molar-refractivity contribution >= 4 is 17.3 Å². The lowest BCUT2D eigenvalue weighted by Gasteiger charge is -2.24. The van der Waals surface area contributed by atoms with E-state index in [1.807, 2.05) is 6.07 Å². The summed E-state index contributed by atoms with van der Waals surface area (Å²) in [5.41, 5.74) is 8.17. The highest BCUT2D eigenvalue weighted by Gasteiger charge is 2.14. The number of nitrogens with two attached hydrogens (primary N) is 1. The van der Waals surface area contributed by atoms with E-state index in [0.717, 1.165) is 5.69 Å². The van der Waals surface area contributed by atoms with Gasteiger partial charge in [-0.2, -0.15) is 0 Å². The van der Waals surface area contributed by atoms with E-state index in [0.29, 0.717) is 17.3 Å². The highest BCUT2D eigenvalue weighted by molar-refractivity contribution is 5.95. The fourth-order valence-corrected chi connectivity index (χ4v) is 2.45. The average Bonchev–Trinajstić information content (AvgIpc) is 2.41. The Labute approximate surface area is 108 Å². The van der Waals surface area contributed by atoms with Gasteiger partial charge in [-0.3, -0.25) is 4.79 Å². The maximum Gasteiger partial charge on any atom is 0.251 e. The SMILES string of the molecule is CNC(=O)c1ccc(NC2CCCCC2)c(N)c1. The van der Waals surface area contributed by atoms with Gasteiger partial charge in [-0.25, -0.2) is 0 Å². The molecule has 1 aliphatic rings. The van der Waals surface area contributed by atoms with Crippen LogP contribution in [0.5, 0.6) is 0 Å². The van der Waals surface area contributed by atoms with Gasteiger partial charge in [0, 0.05) is 18.7 Å². The maximum atomic E-state index is 11.5. The Morgan fingerprint density at radius 3 is 2.61 bits per heavy atom. The fraction of sp³-hybridized carbons (Fsp3) is 0.500. The van der Waals surface area contributed by atoms with E-state index in [1.54, 1.807) is 19.2 Å². The number of nitrogen functional groups attached to an aromatic ring is 1. The number of carbonyl (C=O) groups is 1. The Morgan fingerprint density at radius 1 is 1.28 bits per heavy atom. The highest BCUT2D eigenvalue weighted by Crippen LogP contribution is 2.25. The van der Waals surface area contributed by atoms with E-state index in [-0.39, 0.29) is 5.91 Å². The highest BCUT2D eigenvalue weighted by atomic mass is 16.1. The van der Waals surface area contributed by atoms with Gasteiger partial charge in [0.25, 0.3) is 5.91 Å². The van der Waals surface area contributed by atoms with Crippen molar-refractivity contribution in [3.05, 3.63) is 23.8 Å². The molecule has 1 aliphatic carbocycles. The zero-order valence-corrected chi connectivity index (χ0v) is 10.8. The monoisotopic (exact) mass is 247 g/mol. The molecule has 0 saturated heterocycles. The molecule has 0 heterocycles. The number of anilines is 2. The molecule has 0 spiro atoms. The number of benzene rings is 1. The first-order valence-corrected chi connectivity index (χ1v) is 6.59. The Morgan fingerprint density at radius 2 is 2.00 bits per heavy atom. The predicted molar refractivity (Wildman–Crippen MR) is 74.7 cm³/mol. The van der Waals surface area contributed by atoms with Crippen molar-refractivity contribution in [2.75, 3.05) is 18.1 Å². The Hall–Kier alpha value is -1.71. The second-order valence-electron chi connectivity index (χ2n) is 4.86. The van der Waals surface area contributed by atoms with Crippen LogP contribution in [0.4, 0.5) is 11.4 Å². The molecule has 18 heavy (non-hydrogen) atoms. The zero-order chi connectivity index (χ0) is 13.0. The molecule has 1 saturated carbocycles. The van der Waals surface area contributed by atoms with Gasteiger partial charge < -0.3 is 16.4 Å². The molecular weight excluding hydrogens is 226 g/mol. The minimum atomic E-state index is -0.106. The third-order valence-corrected chi connectivity index (χ3v) is 3.51. The van der Waals surface area contributed by atoms with Crippen molar-refractivity contribution in [2.24, 2.45) is 0 Å². The molecule has 0 atom stereocenters. The molecule has 4 heteroatoms. The summed E-state index contributed by atoms with van der Waals surface area (Å²) < 4.78 is 0. The minimum Gasteiger partial charge on any atom is -0.397 e. The topological polar surface area (TPSA) is 67.2 Å². The zero-order valence-electron chi connectivity index (χ0n) is 10.8. The van der Waals surface area contributed by atoms with Crippen LogP contribution in [0.15, 0.2) is 18.2 Å². The smallest absolute Gasteiger partial charge is 0.251 e. The van der Waals surface area contributed by atoms with Crippen molar-refractivity contribution in [2.45, 2.75) is 38.1 Å². The van der Waals surface area contributed by atoms with Gasteiger partial charge in [-0.15, -0.1) is 0 Å². The number of nitrogens with one attached hydrogen (secondary N) is 2. The molecule has 1 aromatic rings. The molecule has 1 fully saturated rings. The molecular formula is C14H21N3O. The lowest BCUT2D eigenvalue weighted by atomic mass is 9.95. The molecule has 4 N–H and O–H groups in total. The minimum absolute atomic E-state index is 0.106. The first kappa shape index (κ1) is 12.7. The molecule has 1 amide bonds. The molecule has 98 valence electrons. The van der Waals surface area contributed by atoms with E-state index < -0.39 is 0 Å². The molecule has 0 radical (unpaired) electrons. The summed E-state index contributed by atoms with van der Waals surface area (Å²) in [6.45, 7) is 0. The second kappa shape index (κ2) is 5.76. The third kappa shape index (κ3) is 2.94. The normalized spacial score (nSPS) is 16.3. The molecule has 4 nitrogen and oxygen atoms in total. The van der Waals surface area contributed by atoms with E-state index in [1.165, 1.54) is 32.1 Å². The fourth-order valence-electron chi connectivity index (χ4n) is 2.45. The van der Waals surface area contributed by atoms with Crippen LogP contribution < -0.4 is 16.4 Å². The summed E-state index contributed by atoms with van der Waals surface area (Å²) in [6.07, 6.45) is 6.32. The standard InChI is InChI=1S/C14H21N3O/c1-16-14(18)10-7-8-13(12(15)9-10)17-11-5-3-2-4-6-11/h7-9,11,17H,2-6,15H2,1H3,(H,16,18). The van der Waals surface area contributed by atoms with Crippen LogP contribution in [0.25, 0.3) is 0 Å². The summed E-state index contributed by atoms with van der Waals surface area (Å²) in [5.74, 6) is -0.106. The molecule has 0 unspecified atom stereocenters. The number of hydrogen-bond donors (Lipinski definition) is 3. The van der Waals surface area contributed by atoms with E-state index in [4.69, 9.17) is 5.73 Å². The molecule has 0 aromatic heterocycles. The third-order valence-electron chi connectivity index (χ3n) is 3.51. The van der Waals surface area contributed by atoms with Crippen molar-refractivity contribution in [3.63, 3.8) is 0 Å². The van der Waals surface area contributed by atoms with Crippen molar-refractivity contribution in [1.29, 1.82) is 0 Å². The van der Waals surface area contributed by atoms with Crippen LogP contribution in [-0.2, 0) is 0 Å². The molecule has 0 bridgehead atoms. The Kier molecular flexibility index (Phi) is 4.07. The number of rotatable bonds is 3. The van der Waals surface area contributed by atoms with Crippen LogP contribution in [0.2, 0.25) is 0 Å². The lowest BCUT2D eigenvalue weighted by molar-refractivity contribution is 0.0963. The maximum absolute atomic E-state index is 11.5. The van der Waals surface area contributed by atoms with E-state index in [2.05, 4.69) is 10.6 Å². The quantitative estimate of drug-likeness (QED) is 0.718. The summed E-state index contributed by atoms with van der Waals surface area (Å²) in [5, 5.41) is 6.07. The summed E-state index contributed by atoms with van der Waals surface area (Å²) >= 11 is 0.